The lowest BCUT2D eigenvalue weighted by molar-refractivity contribution is 0.0524. The van der Waals surface area contributed by atoms with Gasteiger partial charge in [0.1, 0.15) is 0 Å². The number of hydrogen-bond acceptors (Lipinski definition) is 4. The summed E-state index contributed by atoms with van der Waals surface area (Å²) >= 11 is 0. The maximum atomic E-state index is 12.0. The van der Waals surface area contributed by atoms with Crippen molar-refractivity contribution in [2.45, 2.75) is 46.6 Å². The molecule has 110 valence electrons. The largest absolute Gasteiger partial charge is 0.462 e. The molecule has 2 heterocycles. The van der Waals surface area contributed by atoms with E-state index in [0.717, 1.165) is 50.3 Å². The molecule has 0 saturated carbocycles. The Labute approximate surface area is 121 Å². The number of aryl methyl sites for hydroxylation is 1. The SMILES string of the molecule is CCCN1CCc2nc(CC)c(C(=O)OCC)cc2C1. The Hall–Kier alpha value is -1.42. The molecule has 4 heteroatoms. The number of carbonyl (C=O) groups excluding carboxylic acids is 1. The third-order valence-electron chi connectivity index (χ3n) is 3.70. The number of aromatic nitrogens is 1. The molecule has 2 rings (SSSR count). The summed E-state index contributed by atoms with van der Waals surface area (Å²) in [7, 11) is 0. The van der Waals surface area contributed by atoms with E-state index in [4.69, 9.17) is 9.72 Å². The number of nitrogens with zero attached hydrogens (tertiary/aromatic N) is 2. The van der Waals surface area contributed by atoms with Crippen LogP contribution in [0.4, 0.5) is 0 Å². The van der Waals surface area contributed by atoms with Gasteiger partial charge in [0.2, 0.25) is 0 Å². The fourth-order valence-electron chi connectivity index (χ4n) is 2.74. The number of carbonyl (C=O) groups is 1. The summed E-state index contributed by atoms with van der Waals surface area (Å²) in [5.74, 6) is -0.243. The zero-order valence-corrected chi connectivity index (χ0v) is 12.7. The fourth-order valence-corrected chi connectivity index (χ4v) is 2.74. The van der Waals surface area contributed by atoms with E-state index in [2.05, 4.69) is 11.8 Å². The van der Waals surface area contributed by atoms with Gasteiger partial charge in [0.05, 0.1) is 17.9 Å². The normalized spacial score (nSPS) is 14.9. The monoisotopic (exact) mass is 276 g/mol. The molecule has 0 bridgehead atoms. The van der Waals surface area contributed by atoms with Gasteiger partial charge < -0.3 is 4.74 Å². The van der Waals surface area contributed by atoms with Gasteiger partial charge in [-0.15, -0.1) is 0 Å². The van der Waals surface area contributed by atoms with Gasteiger partial charge in [-0.05, 0) is 37.9 Å². The second-order valence-corrected chi connectivity index (χ2v) is 5.19. The maximum absolute atomic E-state index is 12.0. The molecular formula is C16H24N2O2. The van der Waals surface area contributed by atoms with E-state index >= 15 is 0 Å². The molecule has 0 aliphatic carbocycles. The second kappa shape index (κ2) is 6.84. The van der Waals surface area contributed by atoms with Crippen LogP contribution in [0.2, 0.25) is 0 Å². The van der Waals surface area contributed by atoms with Gasteiger partial charge >= 0.3 is 5.97 Å². The molecule has 0 atom stereocenters. The molecule has 1 aliphatic rings. The van der Waals surface area contributed by atoms with Gasteiger partial charge in [-0.1, -0.05) is 13.8 Å². The molecule has 0 radical (unpaired) electrons. The van der Waals surface area contributed by atoms with E-state index in [1.165, 1.54) is 5.56 Å². The van der Waals surface area contributed by atoms with E-state index in [1.54, 1.807) is 0 Å². The Kier molecular flexibility index (Phi) is 5.12. The van der Waals surface area contributed by atoms with Crippen molar-refractivity contribution >= 4 is 5.97 Å². The van der Waals surface area contributed by atoms with Crippen LogP contribution in [0.5, 0.6) is 0 Å². The first-order chi connectivity index (χ1) is 9.69. The van der Waals surface area contributed by atoms with Gasteiger partial charge in [-0.2, -0.15) is 0 Å². The standard InChI is InChI=1S/C16H24N2O2/c1-4-8-18-9-7-15-12(11-18)10-13(14(5-2)17-15)16(19)20-6-3/h10H,4-9,11H2,1-3H3. The predicted octanol–water partition coefficient (Wildman–Crippen LogP) is 2.59. The molecule has 0 amide bonds. The summed E-state index contributed by atoms with van der Waals surface area (Å²) in [5, 5.41) is 0. The van der Waals surface area contributed by atoms with Crippen LogP contribution in [0.3, 0.4) is 0 Å². The molecule has 1 aromatic heterocycles. The second-order valence-electron chi connectivity index (χ2n) is 5.19. The summed E-state index contributed by atoms with van der Waals surface area (Å²) in [6, 6.07) is 2.00. The highest BCUT2D eigenvalue weighted by Crippen LogP contribution is 2.21. The smallest absolute Gasteiger partial charge is 0.339 e. The van der Waals surface area contributed by atoms with E-state index < -0.39 is 0 Å². The highest BCUT2D eigenvalue weighted by atomic mass is 16.5. The molecule has 1 aliphatic heterocycles. The van der Waals surface area contributed by atoms with Crippen LogP contribution in [-0.2, 0) is 24.1 Å². The summed E-state index contributed by atoms with van der Waals surface area (Å²) in [6.45, 7) is 9.52. The highest BCUT2D eigenvalue weighted by Gasteiger charge is 2.21. The minimum Gasteiger partial charge on any atom is -0.462 e. The van der Waals surface area contributed by atoms with Crippen molar-refractivity contribution in [1.82, 2.24) is 9.88 Å². The van der Waals surface area contributed by atoms with Crippen LogP contribution in [0.15, 0.2) is 6.07 Å². The van der Waals surface area contributed by atoms with Crippen LogP contribution in [0.25, 0.3) is 0 Å². The van der Waals surface area contributed by atoms with Crippen molar-refractivity contribution in [3.05, 3.63) is 28.6 Å². The Morgan fingerprint density at radius 2 is 2.20 bits per heavy atom. The van der Waals surface area contributed by atoms with Gasteiger partial charge in [0, 0.05) is 25.2 Å². The quantitative estimate of drug-likeness (QED) is 0.775. The van der Waals surface area contributed by atoms with E-state index in [9.17, 15) is 4.79 Å². The Balaban J connectivity index is 2.30. The number of pyridine rings is 1. The number of ether oxygens (including phenoxy) is 1. The minimum absolute atomic E-state index is 0.243. The van der Waals surface area contributed by atoms with Crippen molar-refractivity contribution in [3.8, 4) is 0 Å². The van der Waals surface area contributed by atoms with Crippen LogP contribution in [0, 0.1) is 0 Å². The lowest BCUT2D eigenvalue weighted by Crippen LogP contribution is -2.32. The summed E-state index contributed by atoms with van der Waals surface area (Å²) in [6.07, 6.45) is 2.89. The Bertz CT molecular complexity index is 486. The van der Waals surface area contributed by atoms with Gasteiger partial charge in [0.15, 0.2) is 0 Å². The summed E-state index contributed by atoms with van der Waals surface area (Å²) in [5.41, 5.74) is 3.85. The lowest BCUT2D eigenvalue weighted by Gasteiger charge is -2.28. The first-order valence-electron chi connectivity index (χ1n) is 7.60. The van der Waals surface area contributed by atoms with Crippen molar-refractivity contribution in [2.24, 2.45) is 0 Å². The molecule has 20 heavy (non-hydrogen) atoms. The number of rotatable bonds is 5. The topological polar surface area (TPSA) is 42.4 Å². The molecular weight excluding hydrogens is 252 g/mol. The molecule has 0 aromatic carbocycles. The van der Waals surface area contributed by atoms with Crippen molar-refractivity contribution in [2.75, 3.05) is 19.7 Å². The predicted molar refractivity (Wildman–Crippen MR) is 78.8 cm³/mol. The third-order valence-corrected chi connectivity index (χ3v) is 3.70. The maximum Gasteiger partial charge on any atom is 0.339 e. The van der Waals surface area contributed by atoms with E-state index in [-0.39, 0.29) is 5.97 Å². The van der Waals surface area contributed by atoms with Gasteiger partial charge in [-0.3, -0.25) is 9.88 Å². The first kappa shape index (κ1) is 15.0. The first-order valence-corrected chi connectivity index (χ1v) is 7.60. The molecule has 0 unspecified atom stereocenters. The van der Waals surface area contributed by atoms with E-state index in [1.807, 2.05) is 19.9 Å². The zero-order chi connectivity index (χ0) is 14.5. The fraction of sp³-hybridized carbons (Fsp3) is 0.625. The van der Waals surface area contributed by atoms with Gasteiger partial charge in [0.25, 0.3) is 0 Å². The minimum atomic E-state index is -0.243. The number of fused-ring (bicyclic) bond motifs is 1. The lowest BCUT2D eigenvalue weighted by atomic mass is 10.0. The molecule has 0 fully saturated rings. The summed E-state index contributed by atoms with van der Waals surface area (Å²) in [4.78, 5) is 19.2. The van der Waals surface area contributed by atoms with Crippen LogP contribution in [0.1, 0.15) is 54.5 Å². The molecule has 4 nitrogen and oxygen atoms in total. The zero-order valence-electron chi connectivity index (χ0n) is 12.7. The third kappa shape index (κ3) is 3.18. The molecule has 0 N–H and O–H groups in total. The summed E-state index contributed by atoms with van der Waals surface area (Å²) < 4.78 is 5.14. The number of esters is 1. The van der Waals surface area contributed by atoms with Crippen LogP contribution in [-0.4, -0.2) is 35.5 Å². The molecule has 1 aromatic rings. The Morgan fingerprint density at radius 1 is 1.40 bits per heavy atom. The Morgan fingerprint density at radius 3 is 2.85 bits per heavy atom. The van der Waals surface area contributed by atoms with Crippen LogP contribution < -0.4 is 0 Å². The molecule has 0 spiro atoms. The van der Waals surface area contributed by atoms with E-state index in [0.29, 0.717) is 12.2 Å². The van der Waals surface area contributed by atoms with Crippen molar-refractivity contribution < 1.29 is 9.53 Å². The average Bonchev–Trinajstić information content (AvgIpc) is 2.46. The van der Waals surface area contributed by atoms with Gasteiger partial charge in [-0.25, -0.2) is 4.79 Å². The number of hydrogen-bond donors (Lipinski definition) is 0. The highest BCUT2D eigenvalue weighted by molar-refractivity contribution is 5.90. The molecule has 0 saturated heterocycles. The van der Waals surface area contributed by atoms with Crippen LogP contribution >= 0.6 is 0 Å². The average molecular weight is 276 g/mol. The van der Waals surface area contributed by atoms with Crippen molar-refractivity contribution in [3.63, 3.8) is 0 Å². The van der Waals surface area contributed by atoms with Crippen molar-refractivity contribution in [1.29, 1.82) is 0 Å².